The van der Waals surface area contributed by atoms with Crippen LogP contribution in [0.2, 0.25) is 0 Å². The number of aliphatic hydroxyl groups excluding tert-OH is 1. The minimum Gasteiger partial charge on any atom is -0.508 e. The lowest BCUT2D eigenvalue weighted by Crippen LogP contribution is -2.50. The number of phenolic OH excluding ortho intramolecular Hbond substituents is 2. The summed E-state index contributed by atoms with van der Waals surface area (Å²) in [5.74, 6) is 5.34. The molecule has 10 nitrogen and oxygen atoms in total. The molecule has 1 atom stereocenters. The van der Waals surface area contributed by atoms with Crippen LogP contribution in [0.3, 0.4) is 0 Å². The van der Waals surface area contributed by atoms with E-state index in [2.05, 4.69) is 15.3 Å². The number of anilines is 1. The molecule has 10 heteroatoms. The molecule has 0 bridgehead atoms. The second kappa shape index (κ2) is 5.34. The van der Waals surface area contributed by atoms with Gasteiger partial charge in [-0.15, -0.1) is 10.2 Å². The molecule has 3 rings (SSSR count). The Morgan fingerprint density at radius 3 is 2.78 bits per heavy atom. The molecular weight excluding hydrogens is 304 g/mol. The number of aromatic hydroxyl groups is 2. The third-order valence-corrected chi connectivity index (χ3v) is 3.42. The second-order valence-corrected chi connectivity index (χ2v) is 5.03. The maximum absolute atomic E-state index is 12.3. The molecule has 1 aromatic carbocycles. The number of ketones is 1. The van der Waals surface area contributed by atoms with Gasteiger partial charge >= 0.3 is 0 Å². The summed E-state index contributed by atoms with van der Waals surface area (Å²) in [6.07, 6.45) is -1.61. The maximum atomic E-state index is 12.3. The second-order valence-electron chi connectivity index (χ2n) is 5.03. The van der Waals surface area contributed by atoms with E-state index < -0.39 is 12.0 Å². The minimum absolute atomic E-state index is 0.00699. The first-order valence-electron chi connectivity index (χ1n) is 6.65. The van der Waals surface area contributed by atoms with Crippen molar-refractivity contribution in [1.29, 1.82) is 0 Å². The first kappa shape index (κ1) is 14.9. The van der Waals surface area contributed by atoms with Crippen LogP contribution < -0.4 is 10.9 Å². The lowest BCUT2D eigenvalue weighted by Gasteiger charge is -2.28. The first-order valence-corrected chi connectivity index (χ1v) is 6.65. The van der Waals surface area contributed by atoms with Gasteiger partial charge in [0.05, 0.1) is 17.7 Å². The van der Waals surface area contributed by atoms with E-state index >= 15 is 0 Å². The fourth-order valence-electron chi connectivity index (χ4n) is 2.22. The summed E-state index contributed by atoms with van der Waals surface area (Å²) in [7, 11) is 0. The number of nitrogens with zero attached hydrogens (tertiary/aromatic N) is 5. The van der Waals surface area contributed by atoms with Crippen LogP contribution in [0.5, 0.6) is 11.5 Å². The molecule has 0 fully saturated rings. The van der Waals surface area contributed by atoms with E-state index in [1.165, 1.54) is 16.8 Å². The molecule has 2 aromatic rings. The van der Waals surface area contributed by atoms with Crippen LogP contribution in [0.1, 0.15) is 22.6 Å². The summed E-state index contributed by atoms with van der Waals surface area (Å²) in [5.41, 5.74) is 0.0907. The third-order valence-electron chi connectivity index (χ3n) is 3.42. The number of carbonyl (C=O) groups excluding carboxylic acids is 1. The quantitative estimate of drug-likeness (QED) is 0.436. The minimum atomic E-state index is -1.34. The van der Waals surface area contributed by atoms with Crippen molar-refractivity contribution >= 4 is 17.4 Å². The molecule has 0 unspecified atom stereocenters. The van der Waals surface area contributed by atoms with Crippen molar-refractivity contribution in [2.24, 2.45) is 10.9 Å². The number of phenols is 2. The fraction of sp³-hybridized carbons (Fsp3) is 0.231. The van der Waals surface area contributed by atoms with Gasteiger partial charge in [-0.3, -0.25) is 4.79 Å². The van der Waals surface area contributed by atoms with Gasteiger partial charge in [0.15, 0.2) is 17.8 Å². The SMILES string of the molecule is Cc1nnc2n1N=C(CC(=O)c1ccc(O)cc1O)[C@@H](O)N2N. The van der Waals surface area contributed by atoms with Crippen LogP contribution in [0.4, 0.5) is 5.95 Å². The maximum Gasteiger partial charge on any atom is 0.265 e. The van der Waals surface area contributed by atoms with Gasteiger partial charge in [-0.2, -0.15) is 9.78 Å². The molecule has 120 valence electrons. The van der Waals surface area contributed by atoms with Gasteiger partial charge in [0, 0.05) is 6.07 Å². The van der Waals surface area contributed by atoms with Crippen LogP contribution >= 0.6 is 0 Å². The Kier molecular flexibility index (Phi) is 3.47. The summed E-state index contributed by atoms with van der Waals surface area (Å²) in [6, 6.07) is 3.63. The number of carbonyl (C=O) groups is 1. The molecule has 2 heterocycles. The zero-order chi connectivity index (χ0) is 16.7. The highest BCUT2D eigenvalue weighted by molar-refractivity contribution is 6.12. The van der Waals surface area contributed by atoms with Crippen LogP contribution in [0.25, 0.3) is 0 Å². The van der Waals surface area contributed by atoms with Gasteiger partial charge in [0.1, 0.15) is 11.5 Å². The number of rotatable bonds is 3. The van der Waals surface area contributed by atoms with E-state index in [1.807, 2.05) is 0 Å². The zero-order valence-corrected chi connectivity index (χ0v) is 12.1. The molecular formula is C13H14N6O4. The standard InChI is InChI=1S/C13H14N6O4/c1-6-15-16-13-18(14)12(23)9(17-19(6)13)5-11(22)8-3-2-7(20)4-10(8)21/h2-4,12,20-21,23H,5,14H2,1H3/t12-/m1/s1. The van der Waals surface area contributed by atoms with Crippen LogP contribution in [-0.2, 0) is 0 Å². The lowest BCUT2D eigenvalue weighted by atomic mass is 10.0. The summed E-state index contributed by atoms with van der Waals surface area (Å²) < 4.78 is 1.31. The molecule has 0 radical (unpaired) electrons. The number of benzene rings is 1. The lowest BCUT2D eigenvalue weighted by molar-refractivity contribution is 0.0992. The molecule has 1 aliphatic rings. The van der Waals surface area contributed by atoms with Gasteiger partial charge in [-0.1, -0.05) is 0 Å². The number of aromatic nitrogens is 3. The molecule has 0 amide bonds. The Morgan fingerprint density at radius 1 is 1.35 bits per heavy atom. The smallest absolute Gasteiger partial charge is 0.265 e. The molecule has 0 spiro atoms. The molecule has 0 aliphatic carbocycles. The number of hydrogen-bond acceptors (Lipinski definition) is 9. The van der Waals surface area contributed by atoms with E-state index in [4.69, 9.17) is 5.84 Å². The molecule has 0 saturated heterocycles. The Bertz CT molecular complexity index is 815. The van der Waals surface area contributed by atoms with E-state index in [1.54, 1.807) is 6.92 Å². The first-order chi connectivity index (χ1) is 10.9. The van der Waals surface area contributed by atoms with Crippen molar-refractivity contribution in [2.75, 3.05) is 5.01 Å². The largest absolute Gasteiger partial charge is 0.508 e. The number of nitrogens with two attached hydrogens (primary N) is 1. The van der Waals surface area contributed by atoms with Crippen molar-refractivity contribution < 1.29 is 20.1 Å². The van der Waals surface area contributed by atoms with E-state index in [9.17, 15) is 20.1 Å². The van der Waals surface area contributed by atoms with Crippen molar-refractivity contribution in [3.05, 3.63) is 29.6 Å². The number of hydrogen-bond donors (Lipinski definition) is 4. The van der Waals surface area contributed by atoms with Gasteiger partial charge < -0.3 is 15.3 Å². The molecule has 1 aliphatic heterocycles. The van der Waals surface area contributed by atoms with E-state index in [0.717, 1.165) is 11.1 Å². The van der Waals surface area contributed by atoms with Crippen molar-refractivity contribution in [1.82, 2.24) is 14.9 Å². The van der Waals surface area contributed by atoms with Gasteiger partial charge in [-0.25, -0.2) is 10.9 Å². The Hall–Kier alpha value is -2.98. The van der Waals surface area contributed by atoms with Crippen LogP contribution in [0.15, 0.2) is 23.3 Å². The average molecular weight is 318 g/mol. The molecule has 1 aromatic heterocycles. The van der Waals surface area contributed by atoms with E-state index in [-0.39, 0.29) is 35.1 Å². The number of aryl methyl sites for hydroxylation is 1. The Labute approximate surface area is 130 Å². The zero-order valence-electron chi connectivity index (χ0n) is 12.1. The molecule has 5 N–H and O–H groups in total. The summed E-state index contributed by atoms with van der Waals surface area (Å²) in [6.45, 7) is 1.65. The highest BCUT2D eigenvalue weighted by atomic mass is 16.3. The summed E-state index contributed by atoms with van der Waals surface area (Å²) in [4.78, 5) is 12.3. The Morgan fingerprint density at radius 2 is 2.09 bits per heavy atom. The van der Waals surface area contributed by atoms with Gasteiger partial charge in [0.25, 0.3) is 5.95 Å². The molecule has 0 saturated carbocycles. The van der Waals surface area contributed by atoms with Crippen LogP contribution in [0, 0.1) is 6.92 Å². The van der Waals surface area contributed by atoms with Crippen LogP contribution in [-0.4, -0.2) is 47.9 Å². The fourth-order valence-corrected chi connectivity index (χ4v) is 2.22. The van der Waals surface area contributed by atoms with E-state index in [0.29, 0.717) is 5.82 Å². The number of hydrazine groups is 1. The normalized spacial score (nSPS) is 16.9. The summed E-state index contributed by atoms with van der Waals surface area (Å²) in [5, 5.41) is 41.8. The number of Topliss-reactive ketones (excluding diaryl/α,β-unsaturated/α-hetero) is 1. The number of aliphatic hydroxyl groups is 1. The summed E-state index contributed by atoms with van der Waals surface area (Å²) >= 11 is 0. The number of fused-ring (bicyclic) bond motifs is 1. The topological polar surface area (TPSA) is 150 Å². The van der Waals surface area contributed by atoms with Crippen molar-refractivity contribution in [2.45, 2.75) is 19.6 Å². The highest BCUT2D eigenvalue weighted by Gasteiger charge is 2.31. The van der Waals surface area contributed by atoms with Crippen molar-refractivity contribution in [3.8, 4) is 11.5 Å². The predicted octanol–water partition coefficient (Wildman–Crippen LogP) is -0.513. The predicted molar refractivity (Wildman–Crippen MR) is 79.0 cm³/mol. The van der Waals surface area contributed by atoms with Gasteiger partial charge in [-0.05, 0) is 19.1 Å². The third kappa shape index (κ3) is 2.49. The van der Waals surface area contributed by atoms with Gasteiger partial charge in [0.2, 0.25) is 0 Å². The highest BCUT2D eigenvalue weighted by Crippen LogP contribution is 2.25. The molecule has 23 heavy (non-hydrogen) atoms. The monoisotopic (exact) mass is 318 g/mol. The van der Waals surface area contributed by atoms with Crippen molar-refractivity contribution in [3.63, 3.8) is 0 Å². The average Bonchev–Trinajstić information content (AvgIpc) is 2.85. The Balaban J connectivity index is 1.91.